The predicted molar refractivity (Wildman–Crippen MR) is 82.4 cm³/mol. The van der Waals surface area contributed by atoms with Gasteiger partial charge in [-0.3, -0.25) is 0 Å². The Bertz CT molecular complexity index is 504. The van der Waals surface area contributed by atoms with Crippen molar-refractivity contribution in [1.29, 1.82) is 5.26 Å². The van der Waals surface area contributed by atoms with Gasteiger partial charge in [0.05, 0.1) is 29.7 Å². The molecule has 1 fully saturated rings. The smallest absolute Gasteiger partial charge is 0.114 e. The molecule has 21 heavy (non-hydrogen) atoms. The van der Waals surface area contributed by atoms with Crippen LogP contribution < -0.4 is 0 Å². The van der Waals surface area contributed by atoms with Crippen molar-refractivity contribution in [3.63, 3.8) is 0 Å². The van der Waals surface area contributed by atoms with E-state index in [-0.39, 0.29) is 6.04 Å². The van der Waals surface area contributed by atoms with Crippen LogP contribution in [0.15, 0.2) is 12.5 Å². The summed E-state index contributed by atoms with van der Waals surface area (Å²) in [5.74, 6) is 1.33. The van der Waals surface area contributed by atoms with Crippen molar-refractivity contribution in [2.45, 2.75) is 65.5 Å². The number of aliphatic hydroxyl groups excluding tert-OH is 1. The van der Waals surface area contributed by atoms with Gasteiger partial charge in [0.1, 0.15) is 6.10 Å². The van der Waals surface area contributed by atoms with E-state index in [1.54, 1.807) is 12.5 Å². The molecule has 116 valence electrons. The quantitative estimate of drug-likeness (QED) is 0.915. The third-order valence-corrected chi connectivity index (χ3v) is 5.14. The number of imidazole rings is 1. The van der Waals surface area contributed by atoms with Crippen molar-refractivity contribution in [2.24, 2.45) is 17.3 Å². The number of aromatic nitrogens is 2. The first-order chi connectivity index (χ1) is 9.91. The third-order valence-electron chi connectivity index (χ3n) is 5.14. The molecular formula is C17H27N3O. The lowest BCUT2D eigenvalue weighted by Gasteiger charge is -2.39. The minimum atomic E-state index is -0.750. The topological polar surface area (TPSA) is 61.8 Å². The molecule has 1 aromatic rings. The number of aliphatic hydroxyl groups is 1. The number of nitrogens with zero attached hydrogens (tertiary/aromatic N) is 3. The van der Waals surface area contributed by atoms with Crippen molar-refractivity contribution in [2.75, 3.05) is 0 Å². The number of hydrogen-bond acceptors (Lipinski definition) is 3. The second kappa shape index (κ2) is 6.19. The molecule has 2 rings (SSSR count). The third kappa shape index (κ3) is 2.98. The van der Waals surface area contributed by atoms with Gasteiger partial charge in [0.2, 0.25) is 0 Å². The van der Waals surface area contributed by atoms with Gasteiger partial charge < -0.3 is 9.67 Å². The fourth-order valence-corrected chi connectivity index (χ4v) is 3.51. The molecule has 1 aliphatic carbocycles. The molecule has 0 radical (unpaired) electrons. The normalized spacial score (nSPS) is 27.8. The van der Waals surface area contributed by atoms with E-state index in [9.17, 15) is 10.4 Å². The van der Waals surface area contributed by atoms with E-state index < -0.39 is 11.5 Å². The van der Waals surface area contributed by atoms with E-state index in [0.717, 1.165) is 31.4 Å². The SMILES string of the molecule is CC(C)C1CCC(C#N)(C(O)c2cncn2C(C)C)CC1. The van der Waals surface area contributed by atoms with Gasteiger partial charge in [0, 0.05) is 6.04 Å². The molecule has 1 atom stereocenters. The Morgan fingerprint density at radius 3 is 2.43 bits per heavy atom. The Hall–Kier alpha value is -1.34. The Kier molecular flexibility index (Phi) is 4.73. The fourth-order valence-electron chi connectivity index (χ4n) is 3.51. The summed E-state index contributed by atoms with van der Waals surface area (Å²) in [6.07, 6.45) is 6.30. The van der Waals surface area contributed by atoms with Crippen LogP contribution in [0.1, 0.15) is 71.2 Å². The highest BCUT2D eigenvalue weighted by Gasteiger charge is 2.44. The van der Waals surface area contributed by atoms with Crippen molar-refractivity contribution < 1.29 is 5.11 Å². The summed E-state index contributed by atoms with van der Waals surface area (Å²) < 4.78 is 1.97. The molecule has 0 aliphatic heterocycles. The van der Waals surface area contributed by atoms with E-state index in [2.05, 4.69) is 38.7 Å². The molecule has 1 aromatic heterocycles. The average Bonchev–Trinajstić information content (AvgIpc) is 2.96. The summed E-state index contributed by atoms with van der Waals surface area (Å²) in [5.41, 5.74) is 0.118. The van der Waals surface area contributed by atoms with Crippen molar-refractivity contribution in [1.82, 2.24) is 9.55 Å². The second-order valence-electron chi connectivity index (χ2n) is 7.07. The summed E-state index contributed by atoms with van der Waals surface area (Å²) in [4.78, 5) is 4.16. The summed E-state index contributed by atoms with van der Waals surface area (Å²) in [6, 6.07) is 2.68. The zero-order chi connectivity index (χ0) is 15.6. The zero-order valence-electron chi connectivity index (χ0n) is 13.6. The van der Waals surface area contributed by atoms with Crippen LogP contribution >= 0.6 is 0 Å². The number of hydrogen-bond donors (Lipinski definition) is 1. The van der Waals surface area contributed by atoms with Crippen molar-refractivity contribution in [3.8, 4) is 6.07 Å². The van der Waals surface area contributed by atoms with Crippen LogP contribution in [0, 0.1) is 28.6 Å². The van der Waals surface area contributed by atoms with E-state index >= 15 is 0 Å². The molecule has 1 saturated carbocycles. The lowest BCUT2D eigenvalue weighted by molar-refractivity contribution is 0.0134. The van der Waals surface area contributed by atoms with E-state index in [4.69, 9.17) is 0 Å². The van der Waals surface area contributed by atoms with Gasteiger partial charge in [-0.2, -0.15) is 5.26 Å². The number of nitriles is 1. The molecule has 1 N–H and O–H groups in total. The van der Waals surface area contributed by atoms with E-state index in [0.29, 0.717) is 11.8 Å². The van der Waals surface area contributed by atoms with Crippen molar-refractivity contribution >= 4 is 0 Å². The van der Waals surface area contributed by atoms with Crippen LogP contribution in [0.2, 0.25) is 0 Å². The largest absolute Gasteiger partial charge is 0.385 e. The van der Waals surface area contributed by atoms with Crippen molar-refractivity contribution in [3.05, 3.63) is 18.2 Å². The minimum Gasteiger partial charge on any atom is -0.385 e. The van der Waals surface area contributed by atoms with Crippen LogP contribution in [0.4, 0.5) is 0 Å². The van der Waals surface area contributed by atoms with Gasteiger partial charge in [-0.05, 0) is 51.4 Å². The van der Waals surface area contributed by atoms with Crippen LogP contribution in [-0.4, -0.2) is 14.7 Å². The van der Waals surface area contributed by atoms with Crippen LogP contribution in [0.5, 0.6) is 0 Å². The highest BCUT2D eigenvalue weighted by Crippen LogP contribution is 2.48. The van der Waals surface area contributed by atoms with Crippen LogP contribution in [-0.2, 0) is 0 Å². The fraction of sp³-hybridized carbons (Fsp3) is 0.765. The Labute approximate surface area is 127 Å². The summed E-state index contributed by atoms with van der Waals surface area (Å²) >= 11 is 0. The second-order valence-corrected chi connectivity index (χ2v) is 7.07. The Balaban J connectivity index is 2.22. The monoisotopic (exact) mass is 289 g/mol. The minimum absolute atomic E-state index is 0.236. The van der Waals surface area contributed by atoms with Crippen LogP contribution in [0.25, 0.3) is 0 Å². The maximum absolute atomic E-state index is 10.9. The van der Waals surface area contributed by atoms with Gasteiger partial charge in [-0.25, -0.2) is 4.98 Å². The average molecular weight is 289 g/mol. The molecule has 1 unspecified atom stereocenters. The first kappa shape index (κ1) is 16.0. The highest BCUT2D eigenvalue weighted by atomic mass is 16.3. The zero-order valence-corrected chi connectivity index (χ0v) is 13.6. The molecule has 1 heterocycles. The number of rotatable bonds is 4. The molecule has 0 amide bonds. The highest BCUT2D eigenvalue weighted by molar-refractivity contribution is 5.16. The summed E-state index contributed by atoms with van der Waals surface area (Å²) in [6.45, 7) is 8.61. The lowest BCUT2D eigenvalue weighted by Crippen LogP contribution is -2.34. The van der Waals surface area contributed by atoms with Gasteiger partial charge in [0.25, 0.3) is 0 Å². The molecule has 4 heteroatoms. The van der Waals surface area contributed by atoms with Gasteiger partial charge in [-0.1, -0.05) is 13.8 Å². The lowest BCUT2D eigenvalue weighted by atomic mass is 9.65. The van der Waals surface area contributed by atoms with E-state index in [1.165, 1.54) is 0 Å². The summed E-state index contributed by atoms with van der Waals surface area (Å²) in [7, 11) is 0. The Morgan fingerprint density at radius 2 is 1.95 bits per heavy atom. The molecule has 0 saturated heterocycles. The standard InChI is InChI=1S/C17H27N3O/c1-12(2)14-5-7-17(10-18,8-6-14)16(21)15-9-19-11-20(15)13(3)4/h9,11-14,16,21H,5-8H2,1-4H3. The van der Waals surface area contributed by atoms with Gasteiger partial charge >= 0.3 is 0 Å². The predicted octanol–water partition coefficient (Wildman–Crippen LogP) is 3.85. The van der Waals surface area contributed by atoms with Gasteiger partial charge in [-0.15, -0.1) is 0 Å². The molecule has 0 spiro atoms. The van der Waals surface area contributed by atoms with Crippen LogP contribution in [0.3, 0.4) is 0 Å². The maximum atomic E-state index is 10.9. The molecule has 0 aromatic carbocycles. The first-order valence-electron chi connectivity index (χ1n) is 8.02. The molecule has 1 aliphatic rings. The van der Waals surface area contributed by atoms with Gasteiger partial charge in [0.15, 0.2) is 0 Å². The molecule has 4 nitrogen and oxygen atoms in total. The first-order valence-corrected chi connectivity index (χ1v) is 8.02. The summed E-state index contributed by atoms with van der Waals surface area (Å²) in [5, 5.41) is 20.6. The molecule has 0 bridgehead atoms. The Morgan fingerprint density at radius 1 is 1.33 bits per heavy atom. The van der Waals surface area contributed by atoms with E-state index in [1.807, 2.05) is 4.57 Å². The maximum Gasteiger partial charge on any atom is 0.114 e. The molecular weight excluding hydrogens is 262 g/mol.